The average molecular weight is 344 g/mol. The van der Waals surface area contributed by atoms with Crippen molar-refractivity contribution in [2.24, 2.45) is 0 Å². The molecule has 0 saturated carbocycles. The maximum absolute atomic E-state index is 13.3. The van der Waals surface area contributed by atoms with Crippen LogP contribution in [0.15, 0.2) is 36.4 Å². The lowest BCUT2D eigenvalue weighted by Gasteiger charge is -2.36. The van der Waals surface area contributed by atoms with Crippen molar-refractivity contribution in [2.45, 2.75) is 24.5 Å². The van der Waals surface area contributed by atoms with Gasteiger partial charge in [0.2, 0.25) is 0 Å². The van der Waals surface area contributed by atoms with Crippen molar-refractivity contribution >= 4 is 0 Å². The van der Waals surface area contributed by atoms with Gasteiger partial charge in [-0.1, -0.05) is 12.1 Å². The number of benzene rings is 2. The molecular weight excluding hydrogens is 321 g/mol. The molecular formula is C20H23FNO3+. The summed E-state index contributed by atoms with van der Waals surface area (Å²) in [7, 11) is 3.26. The molecule has 0 aliphatic carbocycles. The zero-order valence-corrected chi connectivity index (χ0v) is 14.5. The van der Waals surface area contributed by atoms with E-state index in [1.165, 1.54) is 22.6 Å². The van der Waals surface area contributed by atoms with Crippen molar-refractivity contribution in [1.82, 2.24) is 0 Å². The van der Waals surface area contributed by atoms with Gasteiger partial charge in [-0.3, -0.25) is 0 Å². The highest BCUT2D eigenvalue weighted by molar-refractivity contribution is 5.50. The van der Waals surface area contributed by atoms with Crippen LogP contribution < -0.4 is 14.4 Å². The number of methoxy groups -OCH3 is 2. The van der Waals surface area contributed by atoms with Gasteiger partial charge < -0.3 is 19.5 Å². The van der Waals surface area contributed by atoms with Crippen LogP contribution in [0.25, 0.3) is 0 Å². The molecule has 2 heterocycles. The summed E-state index contributed by atoms with van der Waals surface area (Å²) in [6.07, 6.45) is 1.60. The minimum Gasteiger partial charge on any atom is -0.493 e. The Morgan fingerprint density at radius 3 is 2.44 bits per heavy atom. The fourth-order valence-electron chi connectivity index (χ4n) is 4.49. The second kappa shape index (κ2) is 6.00. The van der Waals surface area contributed by atoms with Crippen LogP contribution >= 0.6 is 0 Å². The predicted molar refractivity (Wildman–Crippen MR) is 91.6 cm³/mol. The molecule has 2 aromatic rings. The van der Waals surface area contributed by atoms with Gasteiger partial charge in [-0.2, -0.15) is 0 Å². The first-order valence-electron chi connectivity index (χ1n) is 8.64. The van der Waals surface area contributed by atoms with Crippen molar-refractivity contribution in [3.63, 3.8) is 0 Å². The lowest BCUT2D eigenvalue weighted by atomic mass is 9.79. The molecule has 0 bridgehead atoms. The Kier molecular flexibility index (Phi) is 3.93. The highest BCUT2D eigenvalue weighted by Gasteiger charge is 2.54. The summed E-state index contributed by atoms with van der Waals surface area (Å²) in [5, 5.41) is 11.6. The van der Waals surface area contributed by atoms with E-state index < -0.39 is 5.60 Å². The smallest absolute Gasteiger partial charge is 0.161 e. The lowest BCUT2D eigenvalue weighted by molar-refractivity contribution is -0.925. The van der Waals surface area contributed by atoms with E-state index in [1.54, 1.807) is 26.4 Å². The number of aliphatic hydroxyl groups is 1. The van der Waals surface area contributed by atoms with Crippen LogP contribution in [0, 0.1) is 5.82 Å². The predicted octanol–water partition coefficient (Wildman–Crippen LogP) is 1.62. The van der Waals surface area contributed by atoms with E-state index in [0.717, 1.165) is 30.6 Å². The number of quaternary nitrogens is 1. The average Bonchev–Trinajstić information content (AvgIpc) is 2.99. The van der Waals surface area contributed by atoms with E-state index in [4.69, 9.17) is 9.47 Å². The molecule has 1 unspecified atom stereocenters. The van der Waals surface area contributed by atoms with Crippen molar-refractivity contribution in [3.05, 3.63) is 58.9 Å². The van der Waals surface area contributed by atoms with Crippen LogP contribution in [0.5, 0.6) is 11.5 Å². The van der Waals surface area contributed by atoms with Gasteiger partial charge in [-0.25, -0.2) is 4.39 Å². The molecule has 0 radical (unpaired) electrons. The summed E-state index contributed by atoms with van der Waals surface area (Å²) in [5.41, 5.74) is 2.06. The number of hydrogen-bond donors (Lipinski definition) is 2. The summed E-state index contributed by atoms with van der Waals surface area (Å²) in [5.74, 6) is 1.11. The summed E-state index contributed by atoms with van der Waals surface area (Å²) >= 11 is 0. The zero-order valence-electron chi connectivity index (χ0n) is 14.5. The van der Waals surface area contributed by atoms with Gasteiger partial charge >= 0.3 is 0 Å². The third-order valence-electron chi connectivity index (χ3n) is 5.73. The summed E-state index contributed by atoms with van der Waals surface area (Å²) in [6.45, 7) is 1.86. The largest absolute Gasteiger partial charge is 0.493 e. The first kappa shape index (κ1) is 16.4. The van der Waals surface area contributed by atoms with Gasteiger partial charge in [0.25, 0.3) is 0 Å². The molecule has 1 fully saturated rings. The highest BCUT2D eigenvalue weighted by atomic mass is 19.1. The van der Waals surface area contributed by atoms with E-state index in [2.05, 4.69) is 0 Å². The van der Waals surface area contributed by atoms with Crippen molar-refractivity contribution < 1.29 is 23.9 Å². The molecule has 2 N–H and O–H groups in total. The summed E-state index contributed by atoms with van der Waals surface area (Å²) in [6, 6.07) is 10.2. The Hall–Kier alpha value is -2.11. The zero-order chi connectivity index (χ0) is 17.6. The Balaban J connectivity index is 1.83. The molecule has 2 aliphatic heterocycles. The number of rotatable bonds is 3. The topological polar surface area (TPSA) is 43.1 Å². The molecule has 0 spiro atoms. The van der Waals surface area contributed by atoms with Crippen LogP contribution in [0.3, 0.4) is 0 Å². The second-order valence-electron chi connectivity index (χ2n) is 6.93. The van der Waals surface area contributed by atoms with Crippen LogP contribution in [0.4, 0.5) is 4.39 Å². The molecule has 3 atom stereocenters. The molecule has 5 heteroatoms. The molecule has 1 saturated heterocycles. The van der Waals surface area contributed by atoms with E-state index in [1.807, 2.05) is 12.1 Å². The Labute approximate surface area is 146 Å². The van der Waals surface area contributed by atoms with Crippen LogP contribution in [-0.2, 0) is 12.0 Å². The third kappa shape index (κ3) is 2.50. The third-order valence-corrected chi connectivity index (χ3v) is 5.73. The molecule has 4 nitrogen and oxygen atoms in total. The van der Waals surface area contributed by atoms with Gasteiger partial charge in [0, 0.05) is 18.4 Å². The first-order valence-corrected chi connectivity index (χ1v) is 8.64. The van der Waals surface area contributed by atoms with Crippen molar-refractivity contribution in [1.29, 1.82) is 0 Å². The summed E-state index contributed by atoms with van der Waals surface area (Å²) in [4.78, 5) is 1.37. The number of nitrogens with one attached hydrogen (secondary N) is 1. The maximum Gasteiger partial charge on any atom is 0.161 e. The second-order valence-corrected chi connectivity index (χ2v) is 6.93. The number of ether oxygens (including phenoxy) is 2. The highest BCUT2D eigenvalue weighted by Crippen LogP contribution is 2.44. The Morgan fingerprint density at radius 2 is 1.76 bits per heavy atom. The van der Waals surface area contributed by atoms with E-state index in [-0.39, 0.29) is 11.9 Å². The van der Waals surface area contributed by atoms with Gasteiger partial charge in [-0.05, 0) is 35.4 Å². The Morgan fingerprint density at radius 1 is 1.08 bits per heavy atom. The van der Waals surface area contributed by atoms with Crippen LogP contribution in [0.2, 0.25) is 0 Å². The van der Waals surface area contributed by atoms with Crippen LogP contribution in [-0.4, -0.2) is 32.4 Å². The molecule has 2 aromatic carbocycles. The quantitative estimate of drug-likeness (QED) is 0.889. The first-order chi connectivity index (χ1) is 12.1. The monoisotopic (exact) mass is 344 g/mol. The Bertz CT molecular complexity index is 792. The SMILES string of the molecule is COc1cc2c(cc1OC)[C@@H]1[NH+](CC2)CC[C@@]1(O)c1ccc(F)cc1. The molecule has 25 heavy (non-hydrogen) atoms. The molecule has 0 aromatic heterocycles. The van der Waals surface area contributed by atoms with Gasteiger partial charge in [0.1, 0.15) is 11.9 Å². The van der Waals surface area contributed by atoms with Gasteiger partial charge in [0.15, 0.2) is 17.1 Å². The standard InChI is InChI=1S/C20H22FNO3/c1-24-17-11-13-7-9-22-10-8-20(23,14-3-5-15(21)6-4-14)19(22)16(13)12-18(17)25-2/h3-6,11-12,19,23H,7-10H2,1-2H3/p+1/t19-,20+/m0/s1. The van der Waals surface area contributed by atoms with Crippen molar-refractivity contribution in [3.8, 4) is 11.5 Å². The minimum atomic E-state index is -1.00. The van der Waals surface area contributed by atoms with Gasteiger partial charge in [0.05, 0.1) is 27.3 Å². The van der Waals surface area contributed by atoms with E-state index >= 15 is 0 Å². The van der Waals surface area contributed by atoms with E-state index in [0.29, 0.717) is 17.9 Å². The van der Waals surface area contributed by atoms with E-state index in [9.17, 15) is 9.50 Å². The van der Waals surface area contributed by atoms with Gasteiger partial charge in [-0.15, -0.1) is 0 Å². The molecule has 2 aliphatic rings. The normalized spacial score (nSPS) is 27.5. The lowest BCUT2D eigenvalue weighted by Crippen LogP contribution is -3.12. The molecule has 4 rings (SSSR count). The number of halogens is 1. The fraction of sp³-hybridized carbons (Fsp3) is 0.400. The molecule has 132 valence electrons. The fourth-order valence-corrected chi connectivity index (χ4v) is 4.49. The van der Waals surface area contributed by atoms with Crippen LogP contribution in [0.1, 0.15) is 29.2 Å². The number of fused-ring (bicyclic) bond motifs is 3. The summed E-state index contributed by atoms with van der Waals surface area (Å²) < 4.78 is 24.2. The van der Waals surface area contributed by atoms with Crippen molar-refractivity contribution in [2.75, 3.05) is 27.3 Å². The molecule has 0 amide bonds. The minimum absolute atomic E-state index is 0.0819. The maximum atomic E-state index is 13.3. The number of hydrogen-bond acceptors (Lipinski definition) is 3.